The summed E-state index contributed by atoms with van der Waals surface area (Å²) in [5, 5.41) is 16.9. The molecule has 0 bridgehead atoms. The fraction of sp³-hybridized carbons (Fsp3) is 0.667. The van der Waals surface area contributed by atoms with Gasteiger partial charge in [-0.25, -0.2) is 0 Å². The highest BCUT2D eigenvalue weighted by Crippen LogP contribution is 2.52. The smallest absolute Gasteiger partial charge is 0.321 e. The van der Waals surface area contributed by atoms with Crippen LogP contribution in [0.15, 0.2) is 0 Å². The molecule has 0 saturated heterocycles. The van der Waals surface area contributed by atoms with Gasteiger partial charge in [0.05, 0.1) is 0 Å². The third-order valence-electron chi connectivity index (χ3n) is 2.07. The van der Waals surface area contributed by atoms with E-state index in [1.807, 2.05) is 0 Å². The maximum atomic E-state index is 10.4. The quantitative estimate of drug-likeness (QED) is 0.542. The van der Waals surface area contributed by atoms with Crippen LogP contribution in [-0.4, -0.2) is 22.2 Å². The van der Waals surface area contributed by atoms with E-state index in [0.29, 0.717) is 0 Å². The largest absolute Gasteiger partial charge is 0.480 e. The zero-order valence-corrected chi connectivity index (χ0v) is 5.50. The van der Waals surface area contributed by atoms with E-state index >= 15 is 0 Å². The average Bonchev–Trinajstić information content (AvgIpc) is 2.42. The Morgan fingerprint density at radius 2 is 1.70 bits per heavy atom. The van der Waals surface area contributed by atoms with Crippen LogP contribution in [0.3, 0.4) is 0 Å². The maximum Gasteiger partial charge on any atom is 0.321 e. The van der Waals surface area contributed by atoms with E-state index in [0.717, 1.165) is 0 Å². The first kappa shape index (κ1) is 7.05. The predicted molar refractivity (Wildman–Crippen MR) is 31.5 cm³/mol. The number of rotatable bonds is 2. The van der Waals surface area contributed by atoms with Crippen LogP contribution >= 0.6 is 0 Å². The first-order valence-electron chi connectivity index (χ1n) is 2.98. The molecular formula is C6H8O4. The Morgan fingerprint density at radius 1 is 1.40 bits per heavy atom. The van der Waals surface area contributed by atoms with Crippen LogP contribution in [0.5, 0.6) is 0 Å². The highest BCUT2D eigenvalue weighted by atomic mass is 16.4. The summed E-state index contributed by atoms with van der Waals surface area (Å²) >= 11 is 0. The van der Waals surface area contributed by atoms with Gasteiger partial charge in [-0.15, -0.1) is 0 Å². The Morgan fingerprint density at radius 3 is 1.70 bits per heavy atom. The molecule has 0 heterocycles. The lowest BCUT2D eigenvalue weighted by Gasteiger charge is -2.01. The molecule has 10 heavy (non-hydrogen) atoms. The molecule has 4 heteroatoms. The summed E-state index contributed by atoms with van der Waals surface area (Å²) in [6, 6.07) is 0. The van der Waals surface area contributed by atoms with Gasteiger partial charge in [-0.05, 0) is 12.3 Å². The fourth-order valence-electron chi connectivity index (χ4n) is 1.11. The van der Waals surface area contributed by atoms with Gasteiger partial charge in [0.25, 0.3) is 0 Å². The predicted octanol–water partition coefficient (Wildman–Crippen LogP) is 0.182. The second-order valence-corrected chi connectivity index (χ2v) is 2.69. The molecule has 0 spiro atoms. The standard InChI is InChI=1S/C6H8O4/c1-3-2-6(3,4(7)8)5(9)10/h3H,2H2,1H3,(H,7,8)(H,9,10). The minimum Gasteiger partial charge on any atom is -0.480 e. The number of hydrogen-bond donors (Lipinski definition) is 2. The van der Waals surface area contributed by atoms with Gasteiger partial charge in [0.1, 0.15) is 0 Å². The monoisotopic (exact) mass is 144 g/mol. The van der Waals surface area contributed by atoms with Crippen LogP contribution in [0.1, 0.15) is 13.3 Å². The van der Waals surface area contributed by atoms with Crippen LogP contribution < -0.4 is 0 Å². The third-order valence-corrected chi connectivity index (χ3v) is 2.07. The Balaban J connectivity index is 2.83. The zero-order valence-electron chi connectivity index (χ0n) is 5.50. The van der Waals surface area contributed by atoms with Crippen molar-refractivity contribution in [1.29, 1.82) is 0 Å². The SMILES string of the molecule is CC1CC1(C(=O)O)C(=O)O. The second-order valence-electron chi connectivity index (χ2n) is 2.69. The summed E-state index contributed by atoms with van der Waals surface area (Å²) in [6.45, 7) is 1.63. The summed E-state index contributed by atoms with van der Waals surface area (Å²) in [4.78, 5) is 20.7. The summed E-state index contributed by atoms with van der Waals surface area (Å²) in [6.07, 6.45) is 0.262. The summed E-state index contributed by atoms with van der Waals surface area (Å²) in [5.41, 5.74) is -1.46. The van der Waals surface area contributed by atoms with Crippen LogP contribution in [-0.2, 0) is 9.59 Å². The summed E-state index contributed by atoms with van der Waals surface area (Å²) in [5.74, 6) is -2.65. The highest BCUT2D eigenvalue weighted by molar-refractivity contribution is 6.01. The van der Waals surface area contributed by atoms with E-state index in [-0.39, 0.29) is 12.3 Å². The number of carboxylic acids is 2. The highest BCUT2D eigenvalue weighted by Gasteiger charge is 2.64. The maximum absolute atomic E-state index is 10.4. The van der Waals surface area contributed by atoms with Crippen molar-refractivity contribution >= 4 is 11.9 Å². The van der Waals surface area contributed by atoms with Crippen LogP contribution in [0, 0.1) is 11.3 Å². The molecule has 1 atom stereocenters. The number of carboxylic acid groups (broad SMARTS) is 2. The molecule has 1 fully saturated rings. The van der Waals surface area contributed by atoms with E-state index in [9.17, 15) is 9.59 Å². The molecule has 0 aromatic heterocycles. The van der Waals surface area contributed by atoms with Gasteiger partial charge >= 0.3 is 11.9 Å². The van der Waals surface area contributed by atoms with Crippen molar-refractivity contribution < 1.29 is 19.8 Å². The van der Waals surface area contributed by atoms with Crippen LogP contribution in [0.4, 0.5) is 0 Å². The van der Waals surface area contributed by atoms with Crippen molar-refractivity contribution in [2.75, 3.05) is 0 Å². The first-order chi connectivity index (χ1) is 4.51. The zero-order chi connectivity index (χ0) is 7.94. The molecule has 1 rings (SSSR count). The minimum atomic E-state index is -1.46. The van der Waals surface area contributed by atoms with Gasteiger partial charge < -0.3 is 10.2 Å². The van der Waals surface area contributed by atoms with Crippen molar-refractivity contribution in [1.82, 2.24) is 0 Å². The van der Waals surface area contributed by atoms with Crippen molar-refractivity contribution in [3.8, 4) is 0 Å². The minimum absolute atomic E-state index is 0.220. The van der Waals surface area contributed by atoms with E-state index in [4.69, 9.17) is 10.2 Å². The molecule has 0 aliphatic heterocycles. The van der Waals surface area contributed by atoms with E-state index < -0.39 is 17.4 Å². The molecule has 56 valence electrons. The average molecular weight is 144 g/mol. The molecule has 4 nitrogen and oxygen atoms in total. The molecule has 0 aromatic rings. The summed E-state index contributed by atoms with van der Waals surface area (Å²) in [7, 11) is 0. The molecular weight excluding hydrogens is 136 g/mol. The number of carbonyl (C=O) groups is 2. The van der Waals surface area contributed by atoms with Gasteiger partial charge in [-0.2, -0.15) is 0 Å². The van der Waals surface area contributed by atoms with Crippen LogP contribution in [0.25, 0.3) is 0 Å². The molecule has 1 aliphatic rings. The van der Waals surface area contributed by atoms with Gasteiger partial charge in [0, 0.05) is 0 Å². The third kappa shape index (κ3) is 0.616. The Bertz CT molecular complexity index is 182. The van der Waals surface area contributed by atoms with Crippen molar-refractivity contribution in [2.24, 2.45) is 11.3 Å². The fourth-order valence-corrected chi connectivity index (χ4v) is 1.11. The van der Waals surface area contributed by atoms with Crippen molar-refractivity contribution in [3.05, 3.63) is 0 Å². The van der Waals surface area contributed by atoms with E-state index in [1.165, 1.54) is 0 Å². The Labute approximate surface area is 57.5 Å². The molecule has 0 amide bonds. The normalized spacial score (nSPS) is 27.5. The van der Waals surface area contributed by atoms with Gasteiger partial charge in [0.2, 0.25) is 0 Å². The molecule has 2 N–H and O–H groups in total. The lowest BCUT2D eigenvalue weighted by molar-refractivity contribution is -0.157. The number of aliphatic carboxylic acids is 2. The second kappa shape index (κ2) is 1.71. The first-order valence-corrected chi connectivity index (χ1v) is 2.98. The van der Waals surface area contributed by atoms with Gasteiger partial charge in [0.15, 0.2) is 5.41 Å². The molecule has 1 aliphatic carbocycles. The Hall–Kier alpha value is -1.06. The molecule has 1 unspecified atom stereocenters. The Kier molecular flexibility index (Phi) is 1.21. The van der Waals surface area contributed by atoms with Gasteiger partial charge in [-0.3, -0.25) is 9.59 Å². The van der Waals surface area contributed by atoms with Crippen molar-refractivity contribution in [3.63, 3.8) is 0 Å². The molecule has 1 saturated carbocycles. The van der Waals surface area contributed by atoms with Crippen LogP contribution in [0.2, 0.25) is 0 Å². The number of hydrogen-bond acceptors (Lipinski definition) is 2. The lowest BCUT2D eigenvalue weighted by Crippen LogP contribution is -2.26. The molecule has 0 aromatic carbocycles. The molecule has 0 radical (unpaired) electrons. The van der Waals surface area contributed by atoms with E-state index in [1.54, 1.807) is 6.92 Å². The van der Waals surface area contributed by atoms with E-state index in [2.05, 4.69) is 0 Å². The summed E-state index contributed by atoms with van der Waals surface area (Å²) < 4.78 is 0. The lowest BCUT2D eigenvalue weighted by atomic mass is 10.1. The van der Waals surface area contributed by atoms with Gasteiger partial charge in [-0.1, -0.05) is 6.92 Å². The van der Waals surface area contributed by atoms with Crippen molar-refractivity contribution in [2.45, 2.75) is 13.3 Å². The topological polar surface area (TPSA) is 74.6 Å².